The van der Waals surface area contributed by atoms with Crippen molar-refractivity contribution in [2.45, 2.75) is 4.90 Å². The number of rotatable bonds is 1. The Kier molecular flexibility index (Phi) is 2.29. The number of nitrogens with zero attached hydrogens (tertiary/aromatic N) is 1. The highest BCUT2D eigenvalue weighted by atomic mass is 35.5. The molecular weight excluding hydrogens is 204 g/mol. The minimum atomic E-state index is 0.681. The van der Waals surface area contributed by atoms with Gasteiger partial charge in [-0.2, -0.15) is 0 Å². The van der Waals surface area contributed by atoms with Crippen LogP contribution in [0, 0.1) is 0 Å². The van der Waals surface area contributed by atoms with Crippen LogP contribution in [0.25, 0.3) is 11.4 Å². The average molecular weight is 211 g/mol. The number of H-pyrrole nitrogens is 1. The SMILES string of the molecule is Sc1c[nH]c(-c2cc(Cl)ccn2)c1. The monoisotopic (exact) mass is 210 g/mol. The molecule has 13 heavy (non-hydrogen) atoms. The maximum Gasteiger partial charge on any atom is 0.0879 e. The van der Waals surface area contributed by atoms with Gasteiger partial charge in [0.2, 0.25) is 0 Å². The van der Waals surface area contributed by atoms with Gasteiger partial charge in [-0.3, -0.25) is 4.98 Å². The van der Waals surface area contributed by atoms with E-state index in [9.17, 15) is 0 Å². The first-order chi connectivity index (χ1) is 6.25. The third-order valence-electron chi connectivity index (χ3n) is 1.67. The lowest BCUT2D eigenvalue weighted by Crippen LogP contribution is -1.81. The lowest BCUT2D eigenvalue weighted by molar-refractivity contribution is 1.28. The fraction of sp³-hybridized carbons (Fsp3) is 0. The van der Waals surface area contributed by atoms with Crippen molar-refractivity contribution < 1.29 is 0 Å². The van der Waals surface area contributed by atoms with Crippen molar-refractivity contribution in [3.63, 3.8) is 0 Å². The molecule has 66 valence electrons. The first kappa shape index (κ1) is 8.66. The maximum absolute atomic E-state index is 5.83. The van der Waals surface area contributed by atoms with E-state index in [0.717, 1.165) is 16.3 Å². The summed E-state index contributed by atoms with van der Waals surface area (Å²) in [6, 6.07) is 5.46. The van der Waals surface area contributed by atoms with E-state index in [1.807, 2.05) is 6.07 Å². The molecule has 0 saturated heterocycles. The molecule has 0 bridgehead atoms. The zero-order valence-corrected chi connectivity index (χ0v) is 8.31. The molecule has 0 fully saturated rings. The molecule has 0 radical (unpaired) electrons. The van der Waals surface area contributed by atoms with E-state index in [4.69, 9.17) is 11.6 Å². The lowest BCUT2D eigenvalue weighted by atomic mass is 10.3. The molecule has 0 aromatic carbocycles. The molecule has 0 unspecified atom stereocenters. The summed E-state index contributed by atoms with van der Waals surface area (Å²) in [5.41, 5.74) is 1.75. The van der Waals surface area contributed by atoms with Gasteiger partial charge < -0.3 is 4.98 Å². The lowest BCUT2D eigenvalue weighted by Gasteiger charge is -1.96. The zero-order chi connectivity index (χ0) is 9.26. The van der Waals surface area contributed by atoms with Crippen LogP contribution in [0.1, 0.15) is 0 Å². The van der Waals surface area contributed by atoms with Crippen LogP contribution in [0.3, 0.4) is 0 Å². The molecule has 4 heteroatoms. The largest absolute Gasteiger partial charge is 0.359 e. The van der Waals surface area contributed by atoms with Crippen LogP contribution in [-0.2, 0) is 0 Å². The molecule has 0 amide bonds. The molecule has 2 nitrogen and oxygen atoms in total. The van der Waals surface area contributed by atoms with Gasteiger partial charge in [-0.15, -0.1) is 12.6 Å². The molecule has 0 aliphatic rings. The summed E-state index contributed by atoms with van der Waals surface area (Å²) in [4.78, 5) is 8.11. The Bertz CT molecular complexity index is 425. The number of halogens is 1. The molecule has 2 aromatic rings. The number of aromatic amines is 1. The first-order valence-electron chi connectivity index (χ1n) is 3.75. The number of hydrogen-bond donors (Lipinski definition) is 2. The fourth-order valence-corrected chi connectivity index (χ4v) is 1.44. The second-order valence-electron chi connectivity index (χ2n) is 2.63. The van der Waals surface area contributed by atoms with Crippen LogP contribution in [0.5, 0.6) is 0 Å². The summed E-state index contributed by atoms with van der Waals surface area (Å²) < 4.78 is 0. The first-order valence-corrected chi connectivity index (χ1v) is 4.57. The third-order valence-corrected chi connectivity index (χ3v) is 2.16. The van der Waals surface area contributed by atoms with Gasteiger partial charge in [-0.05, 0) is 18.2 Å². The van der Waals surface area contributed by atoms with Gasteiger partial charge >= 0.3 is 0 Å². The van der Waals surface area contributed by atoms with E-state index in [2.05, 4.69) is 22.6 Å². The highest BCUT2D eigenvalue weighted by molar-refractivity contribution is 7.80. The molecule has 2 rings (SSSR count). The Balaban J connectivity index is 2.46. The average Bonchev–Trinajstić information content (AvgIpc) is 2.52. The topological polar surface area (TPSA) is 28.7 Å². The minimum absolute atomic E-state index is 0.681. The molecule has 1 N–H and O–H groups in total. The molecule has 0 spiro atoms. The predicted octanol–water partition coefficient (Wildman–Crippen LogP) is 3.02. The second kappa shape index (κ2) is 3.44. The van der Waals surface area contributed by atoms with Crippen LogP contribution in [0.15, 0.2) is 35.5 Å². The summed E-state index contributed by atoms with van der Waals surface area (Å²) >= 11 is 10.0. The van der Waals surface area contributed by atoms with Crippen molar-refractivity contribution in [1.82, 2.24) is 9.97 Å². The summed E-state index contributed by atoms with van der Waals surface area (Å²) in [6.45, 7) is 0. The van der Waals surface area contributed by atoms with Crippen LogP contribution < -0.4 is 0 Å². The highest BCUT2D eigenvalue weighted by Gasteiger charge is 2.01. The van der Waals surface area contributed by atoms with Gasteiger partial charge in [0, 0.05) is 22.3 Å². The van der Waals surface area contributed by atoms with E-state index in [0.29, 0.717) is 5.02 Å². The van der Waals surface area contributed by atoms with E-state index in [1.54, 1.807) is 24.5 Å². The van der Waals surface area contributed by atoms with E-state index >= 15 is 0 Å². The molecular formula is C9H7ClN2S. The number of nitrogens with one attached hydrogen (secondary N) is 1. The quantitative estimate of drug-likeness (QED) is 0.696. The van der Waals surface area contributed by atoms with E-state index < -0.39 is 0 Å². The van der Waals surface area contributed by atoms with Gasteiger partial charge in [-0.1, -0.05) is 11.6 Å². The molecule has 0 atom stereocenters. The van der Waals surface area contributed by atoms with Gasteiger partial charge in [0.15, 0.2) is 0 Å². The van der Waals surface area contributed by atoms with Crippen molar-refractivity contribution >= 4 is 24.2 Å². The highest BCUT2D eigenvalue weighted by Crippen LogP contribution is 2.20. The van der Waals surface area contributed by atoms with Gasteiger partial charge in [0.05, 0.1) is 11.4 Å². The normalized spacial score (nSPS) is 10.3. The number of hydrogen-bond acceptors (Lipinski definition) is 2. The van der Waals surface area contributed by atoms with Crippen molar-refractivity contribution in [3.8, 4) is 11.4 Å². The second-order valence-corrected chi connectivity index (χ2v) is 3.58. The molecule has 0 saturated carbocycles. The van der Waals surface area contributed by atoms with Crippen molar-refractivity contribution in [1.29, 1.82) is 0 Å². The van der Waals surface area contributed by atoms with Crippen LogP contribution in [-0.4, -0.2) is 9.97 Å². The Morgan fingerprint density at radius 2 is 2.23 bits per heavy atom. The third kappa shape index (κ3) is 1.87. The Morgan fingerprint density at radius 3 is 2.85 bits per heavy atom. The van der Waals surface area contributed by atoms with Crippen molar-refractivity contribution in [2.24, 2.45) is 0 Å². The predicted molar refractivity (Wildman–Crippen MR) is 56.3 cm³/mol. The van der Waals surface area contributed by atoms with Crippen molar-refractivity contribution in [3.05, 3.63) is 35.6 Å². The molecule has 0 aliphatic heterocycles. The zero-order valence-electron chi connectivity index (χ0n) is 6.66. The molecule has 0 aliphatic carbocycles. The summed E-state index contributed by atoms with van der Waals surface area (Å²) in [5.74, 6) is 0. The van der Waals surface area contributed by atoms with Crippen LogP contribution in [0.2, 0.25) is 5.02 Å². The molecule has 2 heterocycles. The Hall–Kier alpha value is -0.930. The van der Waals surface area contributed by atoms with E-state index in [-0.39, 0.29) is 0 Å². The summed E-state index contributed by atoms with van der Waals surface area (Å²) in [6.07, 6.45) is 3.48. The minimum Gasteiger partial charge on any atom is -0.359 e. The number of thiol groups is 1. The Morgan fingerprint density at radius 1 is 1.38 bits per heavy atom. The van der Waals surface area contributed by atoms with Gasteiger partial charge in [0.1, 0.15) is 0 Å². The Labute approximate surface area is 86.4 Å². The fourth-order valence-electron chi connectivity index (χ4n) is 1.08. The number of aromatic nitrogens is 2. The van der Waals surface area contributed by atoms with E-state index in [1.165, 1.54) is 0 Å². The number of pyridine rings is 1. The summed E-state index contributed by atoms with van der Waals surface area (Å²) in [7, 11) is 0. The smallest absolute Gasteiger partial charge is 0.0879 e. The van der Waals surface area contributed by atoms with Gasteiger partial charge in [0.25, 0.3) is 0 Å². The van der Waals surface area contributed by atoms with Gasteiger partial charge in [-0.25, -0.2) is 0 Å². The van der Waals surface area contributed by atoms with Crippen LogP contribution >= 0.6 is 24.2 Å². The van der Waals surface area contributed by atoms with Crippen LogP contribution in [0.4, 0.5) is 0 Å². The maximum atomic E-state index is 5.83. The summed E-state index contributed by atoms with van der Waals surface area (Å²) in [5, 5.41) is 0.681. The van der Waals surface area contributed by atoms with Crippen molar-refractivity contribution in [2.75, 3.05) is 0 Å². The standard InChI is InChI=1S/C9H7ClN2S/c10-6-1-2-11-8(3-6)9-4-7(13)5-12-9/h1-5,12-13H. The molecule has 2 aromatic heterocycles.